The third-order valence-corrected chi connectivity index (χ3v) is 4.02. The molecule has 2 aromatic rings. The fraction of sp³-hybridized carbons (Fsp3) is 0.250. The number of hydrogen-bond acceptors (Lipinski definition) is 4. The van der Waals surface area contributed by atoms with E-state index in [0.717, 1.165) is 4.88 Å². The second-order valence-electron chi connectivity index (χ2n) is 4.85. The second-order valence-corrected chi connectivity index (χ2v) is 6.14. The summed E-state index contributed by atoms with van der Waals surface area (Å²) in [7, 11) is 3.18. The van der Waals surface area contributed by atoms with Gasteiger partial charge in [0.05, 0.1) is 18.5 Å². The minimum Gasteiger partial charge on any atom is -0.497 e. The van der Waals surface area contributed by atoms with Crippen LogP contribution in [0.25, 0.3) is 0 Å². The van der Waals surface area contributed by atoms with Crippen molar-refractivity contribution in [2.75, 3.05) is 26.0 Å². The van der Waals surface area contributed by atoms with Crippen LogP contribution in [0.1, 0.15) is 14.5 Å². The van der Waals surface area contributed by atoms with Gasteiger partial charge in [-0.25, -0.2) is 0 Å². The Morgan fingerprint density at radius 1 is 1.27 bits per heavy atom. The fourth-order valence-corrected chi connectivity index (χ4v) is 2.79. The molecule has 0 bridgehead atoms. The van der Waals surface area contributed by atoms with Crippen LogP contribution in [0.3, 0.4) is 0 Å². The molecule has 22 heavy (non-hydrogen) atoms. The lowest BCUT2D eigenvalue weighted by molar-refractivity contribution is -0.116. The van der Waals surface area contributed by atoms with Gasteiger partial charge in [0.25, 0.3) is 5.91 Å². The molecule has 0 aliphatic carbocycles. The van der Waals surface area contributed by atoms with E-state index in [2.05, 4.69) is 5.32 Å². The standard InChI is InChI=1S/C16H18N2O3S/c1-11-7-8-14(22-11)16(20)18(2)10-15(19)17-12-5-4-6-13(9-12)21-3/h4-9H,10H2,1-3H3,(H,17,19). The van der Waals surface area contributed by atoms with Crippen molar-refractivity contribution in [1.29, 1.82) is 0 Å². The summed E-state index contributed by atoms with van der Waals surface area (Å²) >= 11 is 1.42. The van der Waals surface area contributed by atoms with Crippen molar-refractivity contribution >= 4 is 28.8 Å². The highest BCUT2D eigenvalue weighted by Gasteiger charge is 2.16. The molecule has 2 rings (SSSR count). The van der Waals surface area contributed by atoms with Crippen molar-refractivity contribution in [3.8, 4) is 5.75 Å². The monoisotopic (exact) mass is 318 g/mol. The largest absolute Gasteiger partial charge is 0.497 e. The Bertz CT molecular complexity index is 682. The number of thiophene rings is 1. The zero-order chi connectivity index (χ0) is 16.1. The number of nitrogens with one attached hydrogen (secondary N) is 1. The van der Waals surface area contributed by atoms with E-state index in [1.807, 2.05) is 13.0 Å². The molecule has 0 unspecified atom stereocenters. The number of carbonyl (C=O) groups excluding carboxylic acids is 2. The van der Waals surface area contributed by atoms with Crippen LogP contribution in [0.4, 0.5) is 5.69 Å². The Balaban J connectivity index is 1.94. The lowest BCUT2D eigenvalue weighted by atomic mass is 10.3. The van der Waals surface area contributed by atoms with E-state index in [-0.39, 0.29) is 18.4 Å². The van der Waals surface area contributed by atoms with Crippen LogP contribution < -0.4 is 10.1 Å². The zero-order valence-corrected chi connectivity index (χ0v) is 13.6. The lowest BCUT2D eigenvalue weighted by Crippen LogP contribution is -2.34. The molecule has 1 aromatic carbocycles. The molecule has 2 amide bonds. The number of hydrogen-bond donors (Lipinski definition) is 1. The minimum atomic E-state index is -0.252. The highest BCUT2D eigenvalue weighted by Crippen LogP contribution is 2.18. The molecule has 1 heterocycles. The van der Waals surface area contributed by atoms with Gasteiger partial charge in [0, 0.05) is 23.7 Å². The van der Waals surface area contributed by atoms with Crippen molar-refractivity contribution in [1.82, 2.24) is 4.90 Å². The maximum absolute atomic E-state index is 12.2. The van der Waals surface area contributed by atoms with E-state index in [1.165, 1.54) is 16.2 Å². The van der Waals surface area contributed by atoms with Gasteiger partial charge in [0.2, 0.25) is 5.91 Å². The van der Waals surface area contributed by atoms with Gasteiger partial charge in [-0.1, -0.05) is 6.07 Å². The summed E-state index contributed by atoms with van der Waals surface area (Å²) in [6, 6.07) is 10.7. The summed E-state index contributed by atoms with van der Waals surface area (Å²) in [4.78, 5) is 27.3. The van der Waals surface area contributed by atoms with Crippen LogP contribution in [0.15, 0.2) is 36.4 Å². The van der Waals surface area contributed by atoms with Crippen LogP contribution in [0.5, 0.6) is 5.75 Å². The Hall–Kier alpha value is -2.34. The van der Waals surface area contributed by atoms with E-state index in [9.17, 15) is 9.59 Å². The van der Waals surface area contributed by atoms with Crippen LogP contribution in [-0.2, 0) is 4.79 Å². The van der Waals surface area contributed by atoms with Crippen molar-refractivity contribution in [3.05, 3.63) is 46.2 Å². The van der Waals surface area contributed by atoms with Crippen LogP contribution in [0.2, 0.25) is 0 Å². The first-order valence-electron chi connectivity index (χ1n) is 6.75. The molecular weight excluding hydrogens is 300 g/mol. The molecular formula is C16H18N2O3S. The zero-order valence-electron chi connectivity index (χ0n) is 12.8. The summed E-state index contributed by atoms with van der Waals surface area (Å²) in [5, 5.41) is 2.75. The Morgan fingerprint density at radius 2 is 2.05 bits per heavy atom. The number of likely N-dealkylation sites (N-methyl/N-ethyl adjacent to an activating group) is 1. The van der Waals surface area contributed by atoms with Crippen LogP contribution in [-0.4, -0.2) is 37.4 Å². The molecule has 0 saturated heterocycles. The lowest BCUT2D eigenvalue weighted by Gasteiger charge is -2.16. The third kappa shape index (κ3) is 4.08. The second kappa shape index (κ2) is 7.09. The normalized spacial score (nSPS) is 10.1. The fourth-order valence-electron chi connectivity index (χ4n) is 1.93. The molecule has 0 radical (unpaired) electrons. The van der Waals surface area contributed by atoms with Gasteiger partial charge in [-0.15, -0.1) is 11.3 Å². The van der Waals surface area contributed by atoms with Gasteiger partial charge in [-0.05, 0) is 31.2 Å². The van der Waals surface area contributed by atoms with E-state index in [0.29, 0.717) is 16.3 Å². The summed E-state index contributed by atoms with van der Waals surface area (Å²) in [6.45, 7) is 1.93. The van der Waals surface area contributed by atoms with Gasteiger partial charge >= 0.3 is 0 Å². The van der Waals surface area contributed by atoms with Gasteiger partial charge in [-0.3, -0.25) is 9.59 Å². The number of amides is 2. The predicted octanol–water partition coefficient (Wildman–Crippen LogP) is 2.78. The average molecular weight is 318 g/mol. The van der Waals surface area contributed by atoms with E-state index < -0.39 is 0 Å². The molecule has 6 heteroatoms. The number of aryl methyl sites for hydroxylation is 1. The van der Waals surface area contributed by atoms with E-state index >= 15 is 0 Å². The molecule has 0 spiro atoms. The Labute approximate surface area is 133 Å². The quantitative estimate of drug-likeness (QED) is 0.922. The van der Waals surface area contributed by atoms with Gasteiger partial charge in [0.15, 0.2) is 0 Å². The van der Waals surface area contributed by atoms with Gasteiger partial charge in [0.1, 0.15) is 5.75 Å². The Morgan fingerprint density at radius 3 is 2.68 bits per heavy atom. The molecule has 0 atom stereocenters. The molecule has 0 aliphatic rings. The highest BCUT2D eigenvalue weighted by atomic mass is 32.1. The molecule has 0 aliphatic heterocycles. The highest BCUT2D eigenvalue weighted by molar-refractivity contribution is 7.13. The summed E-state index contributed by atoms with van der Waals surface area (Å²) in [5.41, 5.74) is 0.636. The first kappa shape index (κ1) is 16.0. The molecule has 0 saturated carbocycles. The summed E-state index contributed by atoms with van der Waals surface area (Å²) in [6.07, 6.45) is 0. The maximum atomic E-state index is 12.2. The number of methoxy groups -OCH3 is 1. The number of anilines is 1. The van der Waals surface area contributed by atoms with Gasteiger partial charge < -0.3 is 15.0 Å². The third-order valence-electron chi connectivity index (χ3n) is 3.03. The first-order chi connectivity index (χ1) is 10.5. The van der Waals surface area contributed by atoms with Gasteiger partial charge in [-0.2, -0.15) is 0 Å². The van der Waals surface area contributed by atoms with E-state index in [4.69, 9.17) is 4.74 Å². The number of ether oxygens (including phenoxy) is 1. The van der Waals surface area contributed by atoms with Crippen LogP contribution >= 0.6 is 11.3 Å². The minimum absolute atomic E-state index is 0.00695. The Kier molecular flexibility index (Phi) is 5.16. The smallest absolute Gasteiger partial charge is 0.264 e. The van der Waals surface area contributed by atoms with Crippen molar-refractivity contribution < 1.29 is 14.3 Å². The molecule has 1 aromatic heterocycles. The molecule has 0 fully saturated rings. The topological polar surface area (TPSA) is 58.6 Å². The number of benzene rings is 1. The molecule has 5 nitrogen and oxygen atoms in total. The number of rotatable bonds is 5. The number of nitrogens with zero attached hydrogens (tertiary/aromatic N) is 1. The summed E-state index contributed by atoms with van der Waals surface area (Å²) in [5.74, 6) is 0.257. The molecule has 116 valence electrons. The predicted molar refractivity (Wildman–Crippen MR) is 87.6 cm³/mol. The number of carbonyl (C=O) groups is 2. The van der Waals surface area contributed by atoms with Crippen molar-refractivity contribution in [3.63, 3.8) is 0 Å². The summed E-state index contributed by atoms with van der Waals surface area (Å²) < 4.78 is 5.10. The van der Waals surface area contributed by atoms with Crippen LogP contribution in [0, 0.1) is 6.92 Å². The average Bonchev–Trinajstić information content (AvgIpc) is 2.93. The van der Waals surface area contributed by atoms with Crippen molar-refractivity contribution in [2.45, 2.75) is 6.92 Å². The van der Waals surface area contributed by atoms with E-state index in [1.54, 1.807) is 44.5 Å². The molecule has 1 N–H and O–H groups in total. The maximum Gasteiger partial charge on any atom is 0.264 e. The van der Waals surface area contributed by atoms with Crippen molar-refractivity contribution in [2.24, 2.45) is 0 Å². The first-order valence-corrected chi connectivity index (χ1v) is 7.57. The SMILES string of the molecule is COc1cccc(NC(=O)CN(C)C(=O)c2ccc(C)s2)c1.